The zero-order chi connectivity index (χ0) is 12.6. The Morgan fingerprint density at radius 3 is 2.82 bits per heavy atom. The number of ketones is 1. The minimum Gasteiger partial charge on any atom is -0.385 e. The average Bonchev–Trinajstić information content (AvgIpc) is 2.32. The van der Waals surface area contributed by atoms with Crippen LogP contribution >= 0.6 is 0 Å². The molecule has 1 aromatic rings. The van der Waals surface area contributed by atoms with Crippen molar-refractivity contribution in [3.63, 3.8) is 0 Å². The number of carbonyl (C=O) groups excluding carboxylic acids is 2. The second kappa shape index (κ2) is 4.30. The van der Waals surface area contributed by atoms with E-state index in [0.29, 0.717) is 18.4 Å². The van der Waals surface area contributed by atoms with E-state index in [2.05, 4.69) is 0 Å². The van der Waals surface area contributed by atoms with Gasteiger partial charge in [0.15, 0.2) is 5.78 Å². The van der Waals surface area contributed by atoms with Gasteiger partial charge >= 0.3 is 0 Å². The number of aryl methyl sites for hydroxylation is 1. The lowest BCUT2D eigenvalue weighted by Crippen LogP contribution is -2.28. The van der Waals surface area contributed by atoms with Gasteiger partial charge in [-0.15, -0.1) is 0 Å². The molecule has 0 radical (unpaired) electrons. The maximum atomic E-state index is 11.7. The van der Waals surface area contributed by atoms with Gasteiger partial charge in [-0.3, -0.25) is 9.59 Å². The molecule has 0 aromatic heterocycles. The molecule has 1 aromatic carbocycles. The maximum Gasteiger partial charge on any atom is 0.223 e. The first-order valence-corrected chi connectivity index (χ1v) is 5.60. The van der Waals surface area contributed by atoms with Crippen molar-refractivity contribution in [1.29, 1.82) is 0 Å². The molecule has 1 atom stereocenters. The number of fused-ring (bicyclic) bond motifs is 1. The summed E-state index contributed by atoms with van der Waals surface area (Å²) >= 11 is 0. The number of benzene rings is 1. The van der Waals surface area contributed by atoms with Crippen LogP contribution in [0.1, 0.15) is 29.3 Å². The number of nitrogens with zero attached hydrogens (tertiary/aromatic N) is 1. The van der Waals surface area contributed by atoms with Crippen LogP contribution in [-0.2, 0) is 11.2 Å². The van der Waals surface area contributed by atoms with Gasteiger partial charge in [0, 0.05) is 25.2 Å². The summed E-state index contributed by atoms with van der Waals surface area (Å²) in [6.07, 6.45) is 0.250. The highest BCUT2D eigenvalue weighted by Crippen LogP contribution is 2.26. The number of amides is 1. The molecule has 4 heteroatoms. The first kappa shape index (κ1) is 11.8. The zero-order valence-corrected chi connectivity index (χ0v) is 9.93. The quantitative estimate of drug-likeness (QED) is 0.791. The molecular weight excluding hydrogens is 218 g/mol. The Morgan fingerprint density at radius 2 is 2.18 bits per heavy atom. The summed E-state index contributed by atoms with van der Waals surface area (Å²) in [6.45, 7) is 1.49. The molecule has 2 rings (SSSR count). The molecule has 0 saturated heterocycles. The Balaban J connectivity index is 2.39. The fourth-order valence-corrected chi connectivity index (χ4v) is 2.02. The van der Waals surface area contributed by atoms with Crippen molar-refractivity contribution < 1.29 is 14.7 Å². The van der Waals surface area contributed by atoms with Gasteiger partial charge in [-0.2, -0.15) is 0 Å². The highest BCUT2D eigenvalue weighted by Gasteiger charge is 2.25. The van der Waals surface area contributed by atoms with Crippen LogP contribution in [0.25, 0.3) is 0 Å². The number of aliphatic hydroxyl groups excluding tert-OH is 1. The summed E-state index contributed by atoms with van der Waals surface area (Å²) in [6, 6.07) is 5.27. The second-order valence-corrected chi connectivity index (χ2v) is 4.34. The second-order valence-electron chi connectivity index (χ2n) is 4.34. The summed E-state index contributed by atoms with van der Waals surface area (Å²) in [5, 5.41) is 9.48. The predicted molar refractivity (Wildman–Crippen MR) is 64.2 cm³/mol. The Labute approximate surface area is 99.9 Å². The van der Waals surface area contributed by atoms with Crippen molar-refractivity contribution >= 4 is 17.4 Å². The third-order valence-corrected chi connectivity index (χ3v) is 3.20. The van der Waals surface area contributed by atoms with E-state index < -0.39 is 6.10 Å². The summed E-state index contributed by atoms with van der Waals surface area (Å²) in [5.74, 6) is -0.268. The fraction of sp³-hybridized carbons (Fsp3) is 0.385. The van der Waals surface area contributed by atoms with Crippen LogP contribution in [0.5, 0.6) is 0 Å². The lowest BCUT2D eigenvalue weighted by atomic mass is 9.88. The molecule has 0 heterocycles. The molecule has 1 amide bonds. The van der Waals surface area contributed by atoms with Crippen molar-refractivity contribution in [2.24, 2.45) is 0 Å². The van der Waals surface area contributed by atoms with Crippen LogP contribution in [0, 0.1) is 0 Å². The number of carbonyl (C=O) groups is 2. The molecule has 4 nitrogen and oxygen atoms in total. The van der Waals surface area contributed by atoms with Crippen molar-refractivity contribution in [3.05, 3.63) is 29.3 Å². The van der Waals surface area contributed by atoms with Crippen LogP contribution in [0.4, 0.5) is 5.69 Å². The molecule has 0 bridgehead atoms. The molecular formula is C13H15NO3. The van der Waals surface area contributed by atoms with Gasteiger partial charge in [0.2, 0.25) is 5.91 Å². The van der Waals surface area contributed by atoms with E-state index in [9.17, 15) is 14.7 Å². The standard InChI is InChI=1S/C13H15NO3/c1-8(15)14(2)10-4-5-11-9(7-10)3-6-12(16)13(11)17/h4-5,7,12,16H,3,6H2,1-2H3. The summed E-state index contributed by atoms with van der Waals surface area (Å²) in [7, 11) is 1.70. The third kappa shape index (κ3) is 2.08. The van der Waals surface area contributed by atoms with Crippen LogP contribution < -0.4 is 4.90 Å². The summed E-state index contributed by atoms with van der Waals surface area (Å²) < 4.78 is 0. The molecule has 1 aliphatic rings. The van der Waals surface area contributed by atoms with Crippen LogP contribution in [0.3, 0.4) is 0 Å². The fourth-order valence-electron chi connectivity index (χ4n) is 2.02. The zero-order valence-electron chi connectivity index (χ0n) is 9.93. The van der Waals surface area contributed by atoms with Gasteiger partial charge in [0.05, 0.1) is 0 Å². The molecule has 0 fully saturated rings. The predicted octanol–water partition coefficient (Wildman–Crippen LogP) is 1.16. The van der Waals surface area contributed by atoms with E-state index in [0.717, 1.165) is 11.3 Å². The number of hydrogen-bond acceptors (Lipinski definition) is 3. The van der Waals surface area contributed by atoms with Crippen molar-refractivity contribution in [2.75, 3.05) is 11.9 Å². The van der Waals surface area contributed by atoms with E-state index in [1.807, 2.05) is 6.07 Å². The van der Waals surface area contributed by atoms with E-state index >= 15 is 0 Å². The minimum atomic E-state index is -0.876. The van der Waals surface area contributed by atoms with Crippen molar-refractivity contribution in [1.82, 2.24) is 0 Å². The Hall–Kier alpha value is -1.68. The van der Waals surface area contributed by atoms with E-state index in [1.54, 1.807) is 19.2 Å². The third-order valence-electron chi connectivity index (χ3n) is 3.20. The molecule has 0 aliphatic heterocycles. The molecule has 0 saturated carbocycles. The Bertz CT molecular complexity index is 482. The maximum absolute atomic E-state index is 11.7. The first-order chi connectivity index (χ1) is 8.00. The number of Topliss-reactive ketones (excluding diaryl/α,β-unsaturated/α-hetero) is 1. The van der Waals surface area contributed by atoms with Gasteiger partial charge < -0.3 is 10.0 Å². The molecule has 1 unspecified atom stereocenters. The smallest absolute Gasteiger partial charge is 0.223 e. The van der Waals surface area contributed by atoms with E-state index in [-0.39, 0.29) is 11.7 Å². The van der Waals surface area contributed by atoms with Gasteiger partial charge in [-0.05, 0) is 36.6 Å². The molecule has 1 N–H and O–H groups in total. The number of hydrogen-bond donors (Lipinski definition) is 1. The number of anilines is 1. The highest BCUT2D eigenvalue weighted by atomic mass is 16.3. The van der Waals surface area contributed by atoms with Gasteiger partial charge in [-0.1, -0.05) is 0 Å². The Morgan fingerprint density at radius 1 is 1.47 bits per heavy atom. The van der Waals surface area contributed by atoms with Crippen LogP contribution in [0.15, 0.2) is 18.2 Å². The van der Waals surface area contributed by atoms with Crippen molar-refractivity contribution in [2.45, 2.75) is 25.9 Å². The summed E-state index contributed by atoms with van der Waals surface area (Å²) in [4.78, 5) is 24.5. The van der Waals surface area contributed by atoms with Crippen LogP contribution in [0.2, 0.25) is 0 Å². The SMILES string of the molecule is CC(=O)N(C)c1ccc2c(c1)CCC(O)C2=O. The van der Waals surface area contributed by atoms with Gasteiger partial charge in [0.1, 0.15) is 6.10 Å². The first-order valence-electron chi connectivity index (χ1n) is 5.60. The van der Waals surface area contributed by atoms with Crippen molar-refractivity contribution in [3.8, 4) is 0 Å². The normalized spacial score (nSPS) is 18.8. The van der Waals surface area contributed by atoms with Gasteiger partial charge in [0.25, 0.3) is 0 Å². The lowest BCUT2D eigenvalue weighted by Gasteiger charge is -2.22. The highest BCUT2D eigenvalue weighted by molar-refractivity contribution is 6.02. The van der Waals surface area contributed by atoms with E-state index in [1.165, 1.54) is 11.8 Å². The largest absolute Gasteiger partial charge is 0.385 e. The number of aliphatic hydroxyl groups is 1. The minimum absolute atomic E-state index is 0.0490. The number of rotatable bonds is 1. The van der Waals surface area contributed by atoms with E-state index in [4.69, 9.17) is 0 Å². The average molecular weight is 233 g/mol. The molecule has 1 aliphatic carbocycles. The van der Waals surface area contributed by atoms with Crippen LogP contribution in [-0.4, -0.2) is 29.9 Å². The van der Waals surface area contributed by atoms with Gasteiger partial charge in [-0.25, -0.2) is 0 Å². The summed E-state index contributed by atoms with van der Waals surface area (Å²) in [5.41, 5.74) is 2.26. The molecule has 90 valence electrons. The topological polar surface area (TPSA) is 57.6 Å². The molecule has 17 heavy (non-hydrogen) atoms. The lowest BCUT2D eigenvalue weighted by molar-refractivity contribution is -0.116. The monoisotopic (exact) mass is 233 g/mol. The molecule has 0 spiro atoms. The Kier molecular flexibility index (Phi) is 2.98.